The van der Waals surface area contributed by atoms with E-state index in [0.717, 1.165) is 6.07 Å². The van der Waals surface area contributed by atoms with Crippen molar-refractivity contribution in [2.45, 2.75) is 27.2 Å². The van der Waals surface area contributed by atoms with Gasteiger partial charge in [-0.15, -0.1) is 0 Å². The molecule has 0 fully saturated rings. The normalized spacial score (nSPS) is 16.7. The van der Waals surface area contributed by atoms with Crippen molar-refractivity contribution in [3.63, 3.8) is 0 Å². The number of rotatable bonds is 4. The molecule has 1 atom stereocenters. The van der Waals surface area contributed by atoms with Crippen molar-refractivity contribution in [2.75, 3.05) is 5.32 Å². The van der Waals surface area contributed by atoms with E-state index in [9.17, 15) is 19.7 Å². The lowest BCUT2D eigenvalue weighted by atomic mass is 10.00. The average molecular weight is 372 g/mol. The highest BCUT2D eigenvalue weighted by atomic mass is 16.6. The molecule has 1 unspecified atom stereocenters. The van der Waals surface area contributed by atoms with E-state index in [0.29, 0.717) is 17.8 Å². The van der Waals surface area contributed by atoms with Crippen molar-refractivity contribution in [1.82, 2.24) is 9.78 Å². The van der Waals surface area contributed by atoms with Crippen molar-refractivity contribution >= 4 is 35.2 Å². The van der Waals surface area contributed by atoms with Crippen LogP contribution in [0.4, 0.5) is 11.7 Å². The van der Waals surface area contributed by atoms with Crippen LogP contribution in [0.3, 0.4) is 0 Å². The Hall–Kier alpha value is -3.63. The van der Waals surface area contributed by atoms with E-state index >= 15 is 0 Å². The summed E-state index contributed by atoms with van der Waals surface area (Å²) in [7, 11) is 0. The van der Waals surface area contributed by atoms with Crippen molar-refractivity contribution in [1.29, 1.82) is 0 Å². The maximum atomic E-state index is 12.3. The van der Waals surface area contributed by atoms with E-state index in [-0.39, 0.29) is 29.4 Å². The minimum atomic E-state index is -0.741. The number of anilines is 1. The Morgan fingerprint density at radius 2 is 2.11 bits per heavy atom. The fourth-order valence-electron chi connectivity index (χ4n) is 2.65. The van der Waals surface area contributed by atoms with E-state index in [1.54, 1.807) is 19.9 Å². The topological polar surface area (TPSA) is 145 Å². The first kappa shape index (κ1) is 18.2. The summed E-state index contributed by atoms with van der Waals surface area (Å²) in [6.07, 6.45) is 0.587. The molecule has 0 aliphatic carbocycles. The molecule has 0 saturated heterocycles. The maximum absolute atomic E-state index is 12.3. The number of nitrogens with one attached hydrogen (secondary N) is 1. The molecule has 0 spiro atoms. The van der Waals surface area contributed by atoms with Crippen molar-refractivity contribution < 1.29 is 18.9 Å². The molecule has 0 saturated carbocycles. The van der Waals surface area contributed by atoms with Gasteiger partial charge in [0.2, 0.25) is 0 Å². The minimum absolute atomic E-state index is 0.0380. The van der Waals surface area contributed by atoms with Gasteiger partial charge < -0.3 is 9.73 Å². The third-order valence-electron chi connectivity index (χ3n) is 3.96. The monoisotopic (exact) mass is 372 g/mol. The average Bonchev–Trinajstić information content (AvgIpc) is 3.21. The highest BCUT2D eigenvalue weighted by Gasteiger charge is 2.27. The van der Waals surface area contributed by atoms with Gasteiger partial charge in [-0.25, -0.2) is 4.99 Å². The molecule has 1 aliphatic heterocycles. The number of aryl methyl sites for hydroxylation is 1. The third-order valence-corrected chi connectivity index (χ3v) is 3.96. The van der Waals surface area contributed by atoms with Crippen LogP contribution in [0, 0.1) is 23.0 Å². The van der Waals surface area contributed by atoms with Crippen molar-refractivity contribution in [2.24, 2.45) is 15.9 Å². The molecule has 11 nitrogen and oxygen atoms in total. The number of nitrogens with zero attached hydrogens (tertiary/aromatic N) is 5. The van der Waals surface area contributed by atoms with Gasteiger partial charge in [0.05, 0.1) is 17.7 Å². The highest BCUT2D eigenvalue weighted by Crippen LogP contribution is 2.20. The van der Waals surface area contributed by atoms with Crippen LogP contribution >= 0.6 is 0 Å². The Balaban J connectivity index is 1.89. The molecule has 2 aromatic rings. The van der Waals surface area contributed by atoms with Crippen LogP contribution in [0.5, 0.6) is 0 Å². The van der Waals surface area contributed by atoms with E-state index in [4.69, 9.17) is 4.42 Å². The van der Waals surface area contributed by atoms with Crippen LogP contribution < -0.4 is 5.32 Å². The quantitative estimate of drug-likeness (QED) is 0.643. The van der Waals surface area contributed by atoms with Gasteiger partial charge in [0.1, 0.15) is 10.7 Å². The molecule has 1 aliphatic rings. The zero-order valence-electron chi connectivity index (χ0n) is 14.8. The number of nitro groups is 1. The summed E-state index contributed by atoms with van der Waals surface area (Å²) in [5.41, 5.74) is 1.16. The molecule has 0 bridgehead atoms. The van der Waals surface area contributed by atoms with Crippen molar-refractivity contribution in [3.8, 4) is 0 Å². The fraction of sp³-hybridized carbons (Fsp3) is 0.312. The summed E-state index contributed by atoms with van der Waals surface area (Å²) in [5.74, 6) is -1.94. The molecule has 0 aromatic carbocycles. The highest BCUT2D eigenvalue weighted by molar-refractivity contribution is 6.15. The van der Waals surface area contributed by atoms with E-state index < -0.39 is 16.7 Å². The van der Waals surface area contributed by atoms with Crippen LogP contribution in [0.15, 0.2) is 32.6 Å². The molecular formula is C16H16N6O5. The molecular weight excluding hydrogens is 356 g/mol. The Morgan fingerprint density at radius 1 is 1.37 bits per heavy atom. The molecule has 11 heteroatoms. The number of amides is 2. The molecule has 1 N–H and O–H groups in total. The summed E-state index contributed by atoms with van der Waals surface area (Å²) in [6.45, 7) is 5.30. The molecule has 27 heavy (non-hydrogen) atoms. The zero-order valence-corrected chi connectivity index (χ0v) is 14.8. The lowest BCUT2D eigenvalue weighted by Gasteiger charge is -2.17. The van der Waals surface area contributed by atoms with Gasteiger partial charge in [-0.3, -0.25) is 19.7 Å². The first-order valence-corrected chi connectivity index (χ1v) is 8.10. The maximum Gasteiger partial charge on any atom is 0.433 e. The van der Waals surface area contributed by atoms with Gasteiger partial charge in [0, 0.05) is 11.8 Å². The van der Waals surface area contributed by atoms with Crippen LogP contribution in [0.1, 0.15) is 36.5 Å². The fourth-order valence-corrected chi connectivity index (χ4v) is 2.65. The van der Waals surface area contributed by atoms with Gasteiger partial charge in [-0.2, -0.15) is 14.8 Å². The number of carbonyl (C=O) groups is 2. The summed E-state index contributed by atoms with van der Waals surface area (Å²) in [6, 6.07) is 3.83. The van der Waals surface area contributed by atoms with Crippen molar-refractivity contribution in [3.05, 3.63) is 39.8 Å². The Morgan fingerprint density at radius 3 is 2.70 bits per heavy atom. The Kier molecular flexibility index (Phi) is 4.67. The Labute approximate surface area is 152 Å². The second-order valence-electron chi connectivity index (χ2n) is 5.90. The molecule has 3 heterocycles. The molecule has 140 valence electrons. The van der Waals surface area contributed by atoms with Gasteiger partial charge >= 0.3 is 5.88 Å². The lowest BCUT2D eigenvalue weighted by Crippen LogP contribution is -2.30. The number of hydrogen-bond donors (Lipinski definition) is 1. The van der Waals surface area contributed by atoms with Crippen LogP contribution in [0.2, 0.25) is 0 Å². The smallest absolute Gasteiger partial charge is 0.395 e. The molecule has 0 radical (unpaired) electrons. The molecule has 2 aromatic heterocycles. The summed E-state index contributed by atoms with van der Waals surface area (Å²) >= 11 is 0. The second-order valence-corrected chi connectivity index (χ2v) is 5.90. The number of aliphatic imine (C=N–C) groups is 2. The zero-order chi connectivity index (χ0) is 19.7. The van der Waals surface area contributed by atoms with Gasteiger partial charge in [-0.1, -0.05) is 6.92 Å². The number of hydrogen-bond acceptors (Lipinski definition) is 7. The minimum Gasteiger partial charge on any atom is -0.395 e. The van der Waals surface area contributed by atoms with E-state index in [1.165, 1.54) is 10.7 Å². The molecule has 2 amide bonds. The largest absolute Gasteiger partial charge is 0.433 e. The van der Waals surface area contributed by atoms with Crippen LogP contribution in [0.25, 0.3) is 0 Å². The first-order chi connectivity index (χ1) is 12.8. The van der Waals surface area contributed by atoms with Crippen LogP contribution in [-0.2, 0) is 4.79 Å². The first-order valence-electron chi connectivity index (χ1n) is 8.10. The number of furan rings is 1. The third kappa shape index (κ3) is 3.52. The lowest BCUT2D eigenvalue weighted by molar-refractivity contribution is -0.402. The summed E-state index contributed by atoms with van der Waals surface area (Å²) in [5, 5.41) is 17.4. The van der Waals surface area contributed by atoms with Crippen LogP contribution in [-0.4, -0.2) is 38.2 Å². The summed E-state index contributed by atoms with van der Waals surface area (Å²) in [4.78, 5) is 42.7. The predicted octanol–water partition coefficient (Wildman–Crippen LogP) is 2.18. The Bertz CT molecular complexity index is 999. The van der Waals surface area contributed by atoms with Gasteiger partial charge in [0.15, 0.2) is 5.76 Å². The van der Waals surface area contributed by atoms with Gasteiger partial charge in [-0.05, 0) is 26.3 Å². The molecule has 3 rings (SSSR count). The van der Waals surface area contributed by atoms with Gasteiger partial charge in [0.25, 0.3) is 17.8 Å². The number of aromatic nitrogens is 2. The number of carbonyl (C=O) groups excluding carboxylic acids is 2. The second kappa shape index (κ2) is 6.94. The predicted molar refractivity (Wildman–Crippen MR) is 95.0 cm³/mol. The van der Waals surface area contributed by atoms with E-state index in [1.807, 2.05) is 6.92 Å². The SMILES string of the molecule is CCC1C(=O)N=C(n2nc(C)cc2NC(=O)c2ccc([N+](=O)[O-])o2)N=C1C. The van der Waals surface area contributed by atoms with E-state index in [2.05, 4.69) is 20.4 Å². The standard InChI is InChI=1S/C16H16N6O5/c1-4-10-9(3)17-16(19-14(10)23)21-12(7-8(2)20-21)18-15(24)11-5-6-13(27-11)22(25)26/h5-7,10H,4H2,1-3H3,(H,18,24). The summed E-state index contributed by atoms with van der Waals surface area (Å²) < 4.78 is 6.12.